The fourth-order valence-electron chi connectivity index (χ4n) is 5.56. The molecule has 4 aliphatic rings. The van der Waals surface area contributed by atoms with Crippen molar-refractivity contribution in [2.24, 2.45) is 5.41 Å². The lowest BCUT2D eigenvalue weighted by Crippen LogP contribution is -2.45. The quantitative estimate of drug-likeness (QED) is 0.682. The van der Waals surface area contributed by atoms with Crippen molar-refractivity contribution in [3.63, 3.8) is 0 Å². The number of hydrogen-bond acceptors (Lipinski definition) is 7. The topological polar surface area (TPSA) is 104 Å². The van der Waals surface area contributed by atoms with E-state index in [-0.39, 0.29) is 24.2 Å². The molecule has 5 rings (SSSR count). The average molecular weight is 461 g/mol. The number of cyclic esters (lactones) is 1. The van der Waals surface area contributed by atoms with E-state index < -0.39 is 21.4 Å². The first-order chi connectivity index (χ1) is 15.2. The van der Waals surface area contributed by atoms with E-state index in [4.69, 9.17) is 4.74 Å². The highest BCUT2D eigenvalue weighted by Crippen LogP contribution is 2.44. The van der Waals surface area contributed by atoms with Gasteiger partial charge in [0.15, 0.2) is 9.84 Å². The first kappa shape index (κ1) is 21.6. The van der Waals surface area contributed by atoms with E-state index in [1.165, 1.54) is 5.41 Å². The summed E-state index contributed by atoms with van der Waals surface area (Å²) < 4.78 is 28.6. The normalized spacial score (nSPS) is 25.2. The molecule has 1 aromatic carbocycles. The summed E-state index contributed by atoms with van der Waals surface area (Å²) in [5.74, 6) is -0.167. The van der Waals surface area contributed by atoms with E-state index >= 15 is 0 Å². The van der Waals surface area contributed by atoms with Crippen LogP contribution in [-0.4, -0.2) is 67.1 Å². The minimum Gasteiger partial charge on any atom is -0.457 e. The van der Waals surface area contributed by atoms with E-state index in [0.717, 1.165) is 23.1 Å². The van der Waals surface area contributed by atoms with E-state index in [1.54, 1.807) is 17.0 Å². The van der Waals surface area contributed by atoms with Crippen molar-refractivity contribution in [2.75, 3.05) is 31.9 Å². The van der Waals surface area contributed by atoms with Crippen molar-refractivity contribution in [3.05, 3.63) is 45.5 Å². The third-order valence-electron chi connectivity index (χ3n) is 7.63. The lowest BCUT2D eigenvalue weighted by atomic mass is 9.77. The summed E-state index contributed by atoms with van der Waals surface area (Å²) in [6.07, 6.45) is 1.90. The highest BCUT2D eigenvalue weighted by molar-refractivity contribution is 7.94. The molecule has 9 heteroatoms. The van der Waals surface area contributed by atoms with E-state index in [9.17, 15) is 23.1 Å². The minimum atomic E-state index is -3.18. The van der Waals surface area contributed by atoms with Gasteiger partial charge < -0.3 is 19.6 Å². The van der Waals surface area contributed by atoms with Crippen molar-refractivity contribution in [1.29, 1.82) is 0 Å². The summed E-state index contributed by atoms with van der Waals surface area (Å²) in [5, 5.41) is 12.2. The molecule has 4 heterocycles. The van der Waals surface area contributed by atoms with Gasteiger partial charge >= 0.3 is 5.97 Å². The lowest BCUT2D eigenvalue weighted by Gasteiger charge is -2.38. The lowest BCUT2D eigenvalue weighted by molar-refractivity contribution is -0.137. The third-order valence-corrected chi connectivity index (χ3v) is 9.03. The Labute approximate surface area is 187 Å². The Bertz CT molecular complexity index is 1120. The number of ether oxygens (including phenoxy) is 1. The fraction of sp³-hybridized carbons (Fsp3) is 0.565. The second-order valence-corrected chi connectivity index (χ2v) is 11.4. The zero-order valence-corrected chi connectivity index (χ0v) is 19.0. The number of esters is 1. The number of rotatable bonds is 4. The van der Waals surface area contributed by atoms with Crippen molar-refractivity contribution in [1.82, 2.24) is 9.80 Å². The summed E-state index contributed by atoms with van der Waals surface area (Å²) in [5.41, 5.74) is 3.35. The van der Waals surface area contributed by atoms with Gasteiger partial charge in [0.2, 0.25) is 5.91 Å². The van der Waals surface area contributed by atoms with Crippen LogP contribution in [0.5, 0.6) is 0 Å². The molecular weight excluding hydrogens is 432 g/mol. The van der Waals surface area contributed by atoms with Crippen molar-refractivity contribution >= 4 is 21.7 Å². The fourth-order valence-corrected chi connectivity index (χ4v) is 6.84. The van der Waals surface area contributed by atoms with Crippen LogP contribution in [0.3, 0.4) is 0 Å². The van der Waals surface area contributed by atoms with Gasteiger partial charge in [0.25, 0.3) is 0 Å². The molecule has 172 valence electrons. The maximum Gasteiger partial charge on any atom is 0.338 e. The highest BCUT2D eigenvalue weighted by Gasteiger charge is 2.49. The molecule has 1 aromatic rings. The molecule has 4 aliphatic heterocycles. The number of carbonyl (C=O) groups is 2. The number of β-amino-alcohol motifs (C(OH)–C–C–N with tert-alkyl or cyclic N) is 1. The van der Waals surface area contributed by atoms with Gasteiger partial charge in [-0.25, -0.2) is 13.2 Å². The summed E-state index contributed by atoms with van der Waals surface area (Å²) >= 11 is 0. The van der Waals surface area contributed by atoms with Gasteiger partial charge in [-0.2, -0.15) is 0 Å². The van der Waals surface area contributed by atoms with Gasteiger partial charge in [0, 0.05) is 30.8 Å². The van der Waals surface area contributed by atoms with Gasteiger partial charge in [-0.1, -0.05) is 6.07 Å². The van der Waals surface area contributed by atoms with Gasteiger partial charge in [-0.3, -0.25) is 4.79 Å². The number of carbonyl (C=O) groups excluding carboxylic acids is 2. The molecule has 2 saturated heterocycles. The number of hydrogen-bond donors (Lipinski definition) is 1. The van der Waals surface area contributed by atoms with Crippen LogP contribution in [0.4, 0.5) is 0 Å². The Morgan fingerprint density at radius 2 is 1.88 bits per heavy atom. The zero-order valence-electron chi connectivity index (χ0n) is 18.2. The highest BCUT2D eigenvalue weighted by atomic mass is 32.2. The van der Waals surface area contributed by atoms with Gasteiger partial charge in [0.05, 0.1) is 28.2 Å². The van der Waals surface area contributed by atoms with Crippen LogP contribution in [0.25, 0.3) is 0 Å². The Morgan fingerprint density at radius 3 is 2.56 bits per heavy atom. The number of likely N-dealkylation sites (tertiary alicyclic amines) is 2. The SMILES string of the molecule is Cc1c([C@@H](O)CN2CCC3(CC2)CCN(C2=CS(=O)(=O)CC2)C3=O)ccc2c1COC2=O. The van der Waals surface area contributed by atoms with Crippen LogP contribution < -0.4 is 0 Å². The molecule has 0 aliphatic carbocycles. The van der Waals surface area contributed by atoms with Gasteiger partial charge in [-0.15, -0.1) is 0 Å². The van der Waals surface area contributed by atoms with E-state index in [0.29, 0.717) is 56.7 Å². The van der Waals surface area contributed by atoms with Crippen LogP contribution in [0.1, 0.15) is 58.8 Å². The van der Waals surface area contributed by atoms with Crippen molar-refractivity contribution in [2.45, 2.75) is 45.3 Å². The number of aliphatic hydroxyl groups is 1. The van der Waals surface area contributed by atoms with Crippen LogP contribution >= 0.6 is 0 Å². The molecule has 1 amide bonds. The molecule has 8 nitrogen and oxygen atoms in total. The Hall–Kier alpha value is -2.23. The monoisotopic (exact) mass is 460 g/mol. The average Bonchev–Trinajstić information content (AvgIpc) is 3.41. The maximum atomic E-state index is 13.2. The molecule has 1 spiro atoms. The predicted octanol–water partition coefficient (Wildman–Crippen LogP) is 1.67. The summed E-state index contributed by atoms with van der Waals surface area (Å²) in [4.78, 5) is 28.8. The van der Waals surface area contributed by atoms with Crippen LogP contribution in [0.2, 0.25) is 0 Å². The molecule has 32 heavy (non-hydrogen) atoms. The standard InChI is InChI=1S/C23H28N2O6S/c1-15-17(2-3-18-19(15)13-31-21(18)27)20(26)12-24-8-5-23(6-9-24)7-10-25(22(23)28)16-4-11-32(29,30)14-16/h2-3,14,20,26H,4-13H2,1H3/t20-/m0/s1. The molecule has 0 unspecified atom stereocenters. The number of sulfone groups is 1. The van der Waals surface area contributed by atoms with Crippen LogP contribution in [0.15, 0.2) is 23.2 Å². The maximum absolute atomic E-state index is 13.2. The van der Waals surface area contributed by atoms with Gasteiger partial charge in [0.1, 0.15) is 6.61 Å². The van der Waals surface area contributed by atoms with E-state index in [1.807, 2.05) is 6.92 Å². The van der Waals surface area contributed by atoms with Gasteiger partial charge in [-0.05, 0) is 56.5 Å². The number of fused-ring (bicyclic) bond motifs is 1. The summed E-state index contributed by atoms with van der Waals surface area (Å²) in [6.45, 7) is 4.63. The molecule has 0 aromatic heterocycles. The molecule has 1 N–H and O–H groups in total. The molecule has 1 atom stereocenters. The first-order valence-electron chi connectivity index (χ1n) is 11.1. The largest absolute Gasteiger partial charge is 0.457 e. The Kier molecular flexibility index (Phi) is 5.18. The number of piperidine rings is 1. The Balaban J connectivity index is 1.22. The molecule has 0 radical (unpaired) electrons. The summed E-state index contributed by atoms with van der Waals surface area (Å²) in [7, 11) is -3.18. The third kappa shape index (κ3) is 3.56. The molecule has 0 bridgehead atoms. The number of nitrogens with zero attached hydrogens (tertiary/aromatic N) is 2. The number of aliphatic hydroxyl groups excluding tert-OH is 1. The molecular formula is C23H28N2O6S. The van der Waals surface area contributed by atoms with Crippen molar-refractivity contribution in [3.8, 4) is 0 Å². The molecule has 2 fully saturated rings. The number of benzene rings is 1. The molecule has 0 saturated carbocycles. The smallest absolute Gasteiger partial charge is 0.338 e. The number of allylic oxidation sites excluding steroid dienone is 1. The summed E-state index contributed by atoms with van der Waals surface area (Å²) in [6, 6.07) is 3.53. The first-order valence-corrected chi connectivity index (χ1v) is 12.9. The Morgan fingerprint density at radius 1 is 1.16 bits per heavy atom. The second-order valence-electron chi connectivity index (χ2n) is 9.41. The minimum absolute atomic E-state index is 0.0557. The zero-order chi connectivity index (χ0) is 22.7. The predicted molar refractivity (Wildman–Crippen MR) is 116 cm³/mol. The van der Waals surface area contributed by atoms with Crippen molar-refractivity contribution < 1.29 is 27.9 Å². The number of amides is 1. The second kappa shape index (κ2) is 7.67. The van der Waals surface area contributed by atoms with E-state index in [2.05, 4.69) is 4.90 Å². The van der Waals surface area contributed by atoms with Crippen LogP contribution in [-0.2, 0) is 26.0 Å². The van der Waals surface area contributed by atoms with Crippen LogP contribution in [0, 0.1) is 12.3 Å².